The first-order valence-corrected chi connectivity index (χ1v) is 8.93. The number of carbonyl (C=O) groups is 2. The van der Waals surface area contributed by atoms with Gasteiger partial charge in [0.1, 0.15) is 17.0 Å². The molecule has 0 spiro atoms. The number of pyridine rings is 1. The van der Waals surface area contributed by atoms with Gasteiger partial charge in [-0.15, -0.1) is 0 Å². The smallest absolute Gasteiger partial charge is 0.329 e. The molecule has 1 aromatic heterocycles. The highest BCUT2D eigenvalue weighted by molar-refractivity contribution is 6.22. The summed E-state index contributed by atoms with van der Waals surface area (Å²) in [6, 6.07) is 8.55. The topological polar surface area (TPSA) is 80.8 Å². The zero-order chi connectivity index (χ0) is 19.2. The molecule has 1 aromatic carbocycles. The molecule has 2 aliphatic rings. The maximum Gasteiger partial charge on any atom is 0.329 e. The van der Waals surface area contributed by atoms with E-state index in [4.69, 9.17) is 9.47 Å². The molecule has 7 heteroatoms. The highest BCUT2D eigenvalue weighted by atomic mass is 16.5. The van der Waals surface area contributed by atoms with Gasteiger partial charge in [0.15, 0.2) is 0 Å². The minimum absolute atomic E-state index is 0.314. The molecule has 3 amide bonds. The predicted octanol–water partition coefficient (Wildman–Crippen LogP) is 3.59. The first kappa shape index (κ1) is 17.3. The van der Waals surface area contributed by atoms with Crippen LogP contribution in [0.4, 0.5) is 10.5 Å². The second-order valence-electron chi connectivity index (χ2n) is 7.36. The lowest BCUT2D eigenvalue weighted by Crippen LogP contribution is -2.40. The van der Waals surface area contributed by atoms with E-state index in [1.165, 1.54) is 6.20 Å². The Bertz CT molecular complexity index is 908. The van der Waals surface area contributed by atoms with Gasteiger partial charge in [0, 0.05) is 11.6 Å². The second-order valence-corrected chi connectivity index (χ2v) is 7.36. The molecule has 0 unspecified atom stereocenters. The number of fused-ring (bicyclic) bond motifs is 1. The fourth-order valence-electron chi connectivity index (χ4n) is 3.38. The average molecular weight is 367 g/mol. The van der Waals surface area contributed by atoms with Gasteiger partial charge in [-0.25, -0.2) is 14.7 Å². The van der Waals surface area contributed by atoms with E-state index in [9.17, 15) is 9.59 Å². The third-order valence-electron chi connectivity index (χ3n) is 4.88. The van der Waals surface area contributed by atoms with Gasteiger partial charge in [-0.05, 0) is 44.4 Å². The summed E-state index contributed by atoms with van der Waals surface area (Å²) in [7, 11) is 0. The van der Waals surface area contributed by atoms with Crippen molar-refractivity contribution in [1.29, 1.82) is 0 Å². The number of urea groups is 1. The summed E-state index contributed by atoms with van der Waals surface area (Å²) >= 11 is 0. The third kappa shape index (κ3) is 2.99. The summed E-state index contributed by atoms with van der Waals surface area (Å²) in [5.41, 5.74) is 0.513. The number of amides is 3. The van der Waals surface area contributed by atoms with Crippen molar-refractivity contribution in [3.8, 4) is 17.4 Å². The van der Waals surface area contributed by atoms with Crippen molar-refractivity contribution in [3.63, 3.8) is 0 Å². The van der Waals surface area contributed by atoms with Gasteiger partial charge < -0.3 is 14.8 Å². The highest BCUT2D eigenvalue weighted by Crippen LogP contribution is 2.41. The van der Waals surface area contributed by atoms with E-state index in [0.29, 0.717) is 29.8 Å². The first-order valence-electron chi connectivity index (χ1n) is 8.93. The molecular formula is C20H21N3O4. The Balaban J connectivity index is 1.58. The summed E-state index contributed by atoms with van der Waals surface area (Å²) in [5.74, 6) is 1.94. The standard InChI is InChI=1S/C20H21N3O4/c1-12-9-10-26-14-5-4-6-15(17(12)14)27-16-8-7-13(11-21-16)23-18(24)20(2,3)22-19(23)25/h4-8,11-12H,9-10H2,1-3H3,(H,22,25)/t12-/m1/s1. The summed E-state index contributed by atoms with van der Waals surface area (Å²) in [6.45, 7) is 6.18. The predicted molar refractivity (Wildman–Crippen MR) is 99.4 cm³/mol. The van der Waals surface area contributed by atoms with Gasteiger partial charge in [-0.3, -0.25) is 4.79 Å². The Morgan fingerprint density at radius 1 is 1.26 bits per heavy atom. The number of benzene rings is 1. The Kier molecular flexibility index (Phi) is 4.02. The Morgan fingerprint density at radius 3 is 2.74 bits per heavy atom. The lowest BCUT2D eigenvalue weighted by molar-refractivity contribution is -0.121. The van der Waals surface area contributed by atoms with Crippen LogP contribution < -0.4 is 19.7 Å². The Morgan fingerprint density at radius 2 is 2.07 bits per heavy atom. The van der Waals surface area contributed by atoms with Gasteiger partial charge in [0.2, 0.25) is 5.88 Å². The highest BCUT2D eigenvalue weighted by Gasteiger charge is 2.45. The molecule has 0 aliphatic carbocycles. The van der Waals surface area contributed by atoms with Gasteiger partial charge >= 0.3 is 6.03 Å². The molecule has 7 nitrogen and oxygen atoms in total. The number of hydrogen-bond donors (Lipinski definition) is 1. The van der Waals surface area contributed by atoms with Crippen LogP contribution in [0.2, 0.25) is 0 Å². The maximum absolute atomic E-state index is 12.4. The van der Waals surface area contributed by atoms with E-state index in [-0.39, 0.29) is 5.91 Å². The minimum atomic E-state index is -0.925. The SMILES string of the molecule is C[C@@H]1CCOc2cccc(Oc3ccc(N4C(=O)NC(C)(C)C4=O)cn3)c21. The van der Waals surface area contributed by atoms with Crippen LogP contribution in [0.15, 0.2) is 36.5 Å². The number of nitrogens with one attached hydrogen (secondary N) is 1. The molecule has 140 valence electrons. The average Bonchev–Trinajstić information content (AvgIpc) is 2.83. The second kappa shape index (κ2) is 6.26. The fourth-order valence-corrected chi connectivity index (χ4v) is 3.38. The van der Waals surface area contributed by atoms with Crippen molar-refractivity contribution in [2.75, 3.05) is 11.5 Å². The van der Waals surface area contributed by atoms with Crippen LogP contribution in [0.3, 0.4) is 0 Å². The van der Waals surface area contributed by atoms with E-state index in [1.54, 1.807) is 26.0 Å². The summed E-state index contributed by atoms with van der Waals surface area (Å²) in [4.78, 5) is 29.8. The van der Waals surface area contributed by atoms with Crippen LogP contribution in [0.1, 0.15) is 38.7 Å². The van der Waals surface area contributed by atoms with Crippen LogP contribution in [0.25, 0.3) is 0 Å². The van der Waals surface area contributed by atoms with Crippen molar-refractivity contribution in [1.82, 2.24) is 10.3 Å². The van der Waals surface area contributed by atoms with Crippen molar-refractivity contribution in [3.05, 3.63) is 42.1 Å². The summed E-state index contributed by atoms with van der Waals surface area (Å²) < 4.78 is 11.7. The molecular weight excluding hydrogens is 346 g/mol. The Labute approximate surface area is 157 Å². The molecule has 0 bridgehead atoms. The fraction of sp³-hybridized carbons (Fsp3) is 0.350. The van der Waals surface area contributed by atoms with E-state index in [2.05, 4.69) is 17.2 Å². The largest absolute Gasteiger partial charge is 0.493 e. The number of aromatic nitrogens is 1. The van der Waals surface area contributed by atoms with Crippen molar-refractivity contribution in [2.45, 2.75) is 38.6 Å². The normalized spacial score (nSPS) is 20.7. The molecule has 0 radical (unpaired) electrons. The zero-order valence-electron chi connectivity index (χ0n) is 15.5. The van der Waals surface area contributed by atoms with Gasteiger partial charge in [-0.1, -0.05) is 13.0 Å². The van der Waals surface area contributed by atoms with Crippen LogP contribution >= 0.6 is 0 Å². The molecule has 0 saturated carbocycles. The number of nitrogens with zero attached hydrogens (tertiary/aromatic N) is 2. The van der Waals surface area contributed by atoms with Crippen LogP contribution in [-0.4, -0.2) is 29.1 Å². The van der Waals surface area contributed by atoms with Crippen molar-refractivity contribution >= 4 is 17.6 Å². The molecule has 1 atom stereocenters. The molecule has 4 rings (SSSR count). The van der Waals surface area contributed by atoms with Gasteiger partial charge in [0.25, 0.3) is 5.91 Å². The van der Waals surface area contributed by atoms with E-state index < -0.39 is 11.6 Å². The molecule has 1 N–H and O–H groups in total. The lowest BCUT2D eigenvalue weighted by Gasteiger charge is -2.25. The number of ether oxygens (including phenoxy) is 2. The summed E-state index contributed by atoms with van der Waals surface area (Å²) in [5, 5.41) is 2.65. The number of carbonyl (C=O) groups excluding carboxylic acids is 2. The lowest BCUT2D eigenvalue weighted by atomic mass is 9.94. The summed E-state index contributed by atoms with van der Waals surface area (Å²) in [6.07, 6.45) is 2.39. The molecule has 1 fully saturated rings. The van der Waals surface area contributed by atoms with Crippen LogP contribution in [0, 0.1) is 0 Å². The molecule has 2 aromatic rings. The quantitative estimate of drug-likeness (QED) is 0.839. The molecule has 3 heterocycles. The van der Waals surface area contributed by atoms with E-state index >= 15 is 0 Å². The van der Waals surface area contributed by atoms with Crippen LogP contribution in [0.5, 0.6) is 17.4 Å². The number of hydrogen-bond acceptors (Lipinski definition) is 5. The maximum atomic E-state index is 12.4. The molecule has 1 saturated heterocycles. The van der Waals surface area contributed by atoms with Crippen molar-refractivity contribution in [2.24, 2.45) is 0 Å². The molecule has 27 heavy (non-hydrogen) atoms. The van der Waals surface area contributed by atoms with Gasteiger partial charge in [-0.2, -0.15) is 0 Å². The Hall–Kier alpha value is -3.09. The number of rotatable bonds is 3. The van der Waals surface area contributed by atoms with E-state index in [0.717, 1.165) is 22.6 Å². The first-order chi connectivity index (χ1) is 12.9. The monoisotopic (exact) mass is 367 g/mol. The van der Waals surface area contributed by atoms with Crippen LogP contribution in [-0.2, 0) is 4.79 Å². The van der Waals surface area contributed by atoms with Crippen molar-refractivity contribution < 1.29 is 19.1 Å². The third-order valence-corrected chi connectivity index (χ3v) is 4.88. The minimum Gasteiger partial charge on any atom is -0.493 e. The zero-order valence-corrected chi connectivity index (χ0v) is 15.5. The molecule has 2 aliphatic heterocycles. The number of imide groups is 1. The van der Waals surface area contributed by atoms with E-state index in [1.807, 2.05) is 18.2 Å². The van der Waals surface area contributed by atoms with Gasteiger partial charge in [0.05, 0.1) is 18.5 Å². The number of anilines is 1.